The molecule has 2 nitrogen and oxygen atoms in total. The fourth-order valence-electron chi connectivity index (χ4n) is 1.53. The summed E-state index contributed by atoms with van der Waals surface area (Å²) in [7, 11) is 0. The van der Waals surface area contributed by atoms with Gasteiger partial charge in [0.15, 0.2) is 0 Å². The lowest BCUT2D eigenvalue weighted by Crippen LogP contribution is -2.49. The summed E-state index contributed by atoms with van der Waals surface area (Å²) in [4.78, 5) is 0. The Balaban J connectivity index is 1.95. The largest absolute Gasteiger partial charge is 0.377 e. The molecular formula is C10H21NO. The Morgan fingerprint density at radius 1 is 1.42 bits per heavy atom. The van der Waals surface area contributed by atoms with Gasteiger partial charge >= 0.3 is 0 Å². The molecule has 1 fully saturated rings. The molecule has 0 spiro atoms. The Hall–Kier alpha value is -0.0800. The molecule has 0 unspecified atom stereocenters. The third-order valence-corrected chi connectivity index (χ3v) is 2.56. The fourth-order valence-corrected chi connectivity index (χ4v) is 1.53. The molecule has 0 heterocycles. The maximum Gasteiger partial charge on any atom is 0.0594 e. The number of hydrogen-bond acceptors (Lipinski definition) is 2. The first-order chi connectivity index (χ1) is 5.62. The first-order valence-corrected chi connectivity index (χ1v) is 4.99. The fraction of sp³-hybridized carbons (Fsp3) is 1.00. The average molecular weight is 171 g/mol. The molecule has 0 bridgehead atoms. The van der Waals surface area contributed by atoms with Gasteiger partial charge in [0, 0.05) is 12.1 Å². The van der Waals surface area contributed by atoms with Gasteiger partial charge in [-0.25, -0.2) is 0 Å². The maximum atomic E-state index is 5.44. The van der Waals surface area contributed by atoms with E-state index in [1.165, 1.54) is 19.3 Å². The molecule has 1 aliphatic rings. The van der Waals surface area contributed by atoms with Crippen molar-refractivity contribution >= 4 is 0 Å². The topological polar surface area (TPSA) is 21.3 Å². The smallest absolute Gasteiger partial charge is 0.0594 e. The minimum Gasteiger partial charge on any atom is -0.377 e. The summed E-state index contributed by atoms with van der Waals surface area (Å²) in [5.41, 5.74) is 0.431. The summed E-state index contributed by atoms with van der Waals surface area (Å²) < 4.78 is 5.44. The SMILES string of the molecule is CC(C)OCCNC1(C)CCC1. The van der Waals surface area contributed by atoms with Crippen molar-refractivity contribution in [3.63, 3.8) is 0 Å². The maximum absolute atomic E-state index is 5.44. The van der Waals surface area contributed by atoms with E-state index in [0.717, 1.165) is 13.2 Å². The van der Waals surface area contributed by atoms with Gasteiger partial charge in [0.1, 0.15) is 0 Å². The van der Waals surface area contributed by atoms with Crippen molar-refractivity contribution in [2.24, 2.45) is 0 Å². The van der Waals surface area contributed by atoms with E-state index in [-0.39, 0.29) is 0 Å². The molecule has 1 N–H and O–H groups in total. The summed E-state index contributed by atoms with van der Waals surface area (Å²) in [6.07, 6.45) is 4.40. The average Bonchev–Trinajstić information content (AvgIpc) is 1.94. The molecule has 0 aliphatic heterocycles. The molecule has 0 atom stereocenters. The van der Waals surface area contributed by atoms with Gasteiger partial charge in [0.05, 0.1) is 12.7 Å². The highest BCUT2D eigenvalue weighted by Gasteiger charge is 2.30. The van der Waals surface area contributed by atoms with Crippen LogP contribution in [0.25, 0.3) is 0 Å². The van der Waals surface area contributed by atoms with E-state index < -0.39 is 0 Å². The van der Waals surface area contributed by atoms with Gasteiger partial charge < -0.3 is 10.1 Å². The Morgan fingerprint density at radius 3 is 2.50 bits per heavy atom. The van der Waals surface area contributed by atoms with Crippen LogP contribution in [0.3, 0.4) is 0 Å². The van der Waals surface area contributed by atoms with Gasteiger partial charge in [-0.15, -0.1) is 0 Å². The number of nitrogens with one attached hydrogen (secondary N) is 1. The quantitative estimate of drug-likeness (QED) is 0.638. The normalized spacial score (nSPS) is 21.0. The molecule has 0 aromatic rings. The van der Waals surface area contributed by atoms with E-state index in [9.17, 15) is 0 Å². The van der Waals surface area contributed by atoms with Gasteiger partial charge in [-0.05, 0) is 40.0 Å². The Kier molecular flexibility index (Phi) is 3.53. The van der Waals surface area contributed by atoms with Crippen molar-refractivity contribution in [2.75, 3.05) is 13.2 Å². The second-order valence-corrected chi connectivity index (χ2v) is 4.26. The molecule has 1 aliphatic carbocycles. The molecule has 0 aromatic carbocycles. The lowest BCUT2D eigenvalue weighted by atomic mass is 9.78. The second-order valence-electron chi connectivity index (χ2n) is 4.26. The van der Waals surface area contributed by atoms with Crippen LogP contribution in [0.5, 0.6) is 0 Å². The lowest BCUT2D eigenvalue weighted by molar-refractivity contribution is 0.0708. The van der Waals surface area contributed by atoms with Crippen molar-refractivity contribution in [3.8, 4) is 0 Å². The lowest BCUT2D eigenvalue weighted by Gasteiger charge is -2.39. The van der Waals surface area contributed by atoms with Crippen LogP contribution in [-0.2, 0) is 4.74 Å². The molecule has 0 aromatic heterocycles. The number of ether oxygens (including phenoxy) is 1. The summed E-state index contributed by atoms with van der Waals surface area (Å²) in [5, 5.41) is 3.53. The predicted molar refractivity (Wildman–Crippen MR) is 51.3 cm³/mol. The molecule has 12 heavy (non-hydrogen) atoms. The first-order valence-electron chi connectivity index (χ1n) is 4.99. The highest BCUT2D eigenvalue weighted by atomic mass is 16.5. The zero-order valence-corrected chi connectivity index (χ0v) is 8.52. The van der Waals surface area contributed by atoms with Crippen LogP contribution >= 0.6 is 0 Å². The van der Waals surface area contributed by atoms with Gasteiger partial charge in [0.2, 0.25) is 0 Å². The molecule has 0 saturated heterocycles. The van der Waals surface area contributed by atoms with Gasteiger partial charge in [0.25, 0.3) is 0 Å². The third kappa shape index (κ3) is 3.11. The van der Waals surface area contributed by atoms with Crippen LogP contribution in [-0.4, -0.2) is 24.8 Å². The summed E-state index contributed by atoms with van der Waals surface area (Å²) in [6.45, 7) is 8.28. The Bertz CT molecular complexity index is 130. The molecule has 0 radical (unpaired) electrons. The van der Waals surface area contributed by atoms with Crippen LogP contribution in [0, 0.1) is 0 Å². The highest BCUT2D eigenvalue weighted by Crippen LogP contribution is 2.30. The summed E-state index contributed by atoms with van der Waals surface area (Å²) >= 11 is 0. The van der Waals surface area contributed by atoms with E-state index in [1.54, 1.807) is 0 Å². The molecule has 2 heteroatoms. The first kappa shape index (κ1) is 10.0. The Morgan fingerprint density at radius 2 is 2.08 bits per heavy atom. The minimum absolute atomic E-state index is 0.362. The van der Waals surface area contributed by atoms with E-state index >= 15 is 0 Å². The zero-order chi connectivity index (χ0) is 9.03. The summed E-state index contributed by atoms with van der Waals surface area (Å²) in [6, 6.07) is 0. The summed E-state index contributed by atoms with van der Waals surface area (Å²) in [5.74, 6) is 0. The third-order valence-electron chi connectivity index (χ3n) is 2.56. The molecular weight excluding hydrogens is 150 g/mol. The van der Waals surface area contributed by atoms with Crippen LogP contribution in [0.2, 0.25) is 0 Å². The van der Waals surface area contributed by atoms with E-state index in [0.29, 0.717) is 11.6 Å². The molecule has 0 amide bonds. The van der Waals surface area contributed by atoms with Crippen molar-refractivity contribution in [1.29, 1.82) is 0 Å². The van der Waals surface area contributed by atoms with Gasteiger partial charge in [-0.1, -0.05) is 0 Å². The van der Waals surface area contributed by atoms with Crippen molar-refractivity contribution < 1.29 is 4.74 Å². The molecule has 72 valence electrons. The minimum atomic E-state index is 0.362. The standard InChI is InChI=1S/C10H21NO/c1-9(2)12-8-7-11-10(3)5-4-6-10/h9,11H,4-8H2,1-3H3. The molecule has 1 rings (SSSR count). The van der Waals surface area contributed by atoms with Gasteiger partial charge in [-0.2, -0.15) is 0 Å². The van der Waals surface area contributed by atoms with Crippen LogP contribution in [0.1, 0.15) is 40.0 Å². The number of rotatable bonds is 5. The zero-order valence-electron chi connectivity index (χ0n) is 8.52. The Labute approximate surface area is 75.7 Å². The van der Waals surface area contributed by atoms with Gasteiger partial charge in [-0.3, -0.25) is 0 Å². The predicted octanol–water partition coefficient (Wildman–Crippen LogP) is 1.94. The van der Waals surface area contributed by atoms with E-state index in [1.807, 2.05) is 0 Å². The second kappa shape index (κ2) is 4.24. The van der Waals surface area contributed by atoms with E-state index in [4.69, 9.17) is 4.74 Å². The van der Waals surface area contributed by atoms with Crippen molar-refractivity contribution in [1.82, 2.24) is 5.32 Å². The number of hydrogen-bond donors (Lipinski definition) is 1. The van der Waals surface area contributed by atoms with Crippen molar-refractivity contribution in [3.05, 3.63) is 0 Å². The van der Waals surface area contributed by atoms with E-state index in [2.05, 4.69) is 26.1 Å². The van der Waals surface area contributed by atoms with Crippen LogP contribution < -0.4 is 5.32 Å². The highest BCUT2D eigenvalue weighted by molar-refractivity contribution is 4.91. The molecule has 1 saturated carbocycles. The van der Waals surface area contributed by atoms with Crippen LogP contribution in [0.15, 0.2) is 0 Å². The van der Waals surface area contributed by atoms with Crippen LogP contribution in [0.4, 0.5) is 0 Å². The van der Waals surface area contributed by atoms with Crippen molar-refractivity contribution in [2.45, 2.75) is 51.7 Å². The monoisotopic (exact) mass is 171 g/mol.